The van der Waals surface area contributed by atoms with Crippen LogP contribution in [-0.4, -0.2) is 31.1 Å². The zero-order chi connectivity index (χ0) is 9.31. The molecule has 1 saturated heterocycles. The van der Waals surface area contributed by atoms with Gasteiger partial charge in [0.2, 0.25) is 0 Å². The third kappa shape index (κ3) is 3.77. The van der Waals surface area contributed by atoms with Crippen LogP contribution in [0.25, 0.3) is 0 Å². The van der Waals surface area contributed by atoms with Crippen molar-refractivity contribution in [2.75, 3.05) is 20.1 Å². The minimum absolute atomic E-state index is 0. The van der Waals surface area contributed by atoms with Gasteiger partial charge in [-0.1, -0.05) is 6.42 Å². The Morgan fingerprint density at radius 2 is 1.73 bits per heavy atom. The second-order valence-electron chi connectivity index (χ2n) is 5.16. The summed E-state index contributed by atoms with van der Waals surface area (Å²) >= 11 is 0. The molecule has 1 unspecified atom stereocenters. The van der Waals surface area contributed by atoms with Gasteiger partial charge in [0, 0.05) is 6.04 Å². The van der Waals surface area contributed by atoms with E-state index in [1.54, 1.807) is 0 Å². The average molecular weight is 255 g/mol. The van der Waals surface area contributed by atoms with Crippen molar-refractivity contribution in [3.05, 3.63) is 0 Å². The van der Waals surface area contributed by atoms with Crippen LogP contribution in [-0.2, 0) is 0 Å². The summed E-state index contributed by atoms with van der Waals surface area (Å²) < 4.78 is 0. The lowest BCUT2D eigenvalue weighted by atomic mass is 9.67. The number of nitrogens with two attached hydrogens (primary N) is 1. The lowest BCUT2D eigenvalue weighted by Crippen LogP contribution is -2.43. The topological polar surface area (TPSA) is 29.3 Å². The fourth-order valence-electron chi connectivity index (χ4n) is 3.05. The maximum absolute atomic E-state index is 6.06. The van der Waals surface area contributed by atoms with Crippen molar-refractivity contribution in [3.8, 4) is 0 Å². The molecule has 2 N–H and O–H groups in total. The van der Waals surface area contributed by atoms with E-state index in [-0.39, 0.29) is 24.8 Å². The van der Waals surface area contributed by atoms with Crippen molar-refractivity contribution in [2.45, 2.75) is 44.6 Å². The Balaban J connectivity index is 0.000000980. The maximum Gasteiger partial charge on any atom is 0.00441 e. The fraction of sp³-hybridized carbons (Fsp3) is 1.00. The second kappa shape index (κ2) is 6.29. The molecule has 1 saturated carbocycles. The molecule has 0 amide bonds. The normalized spacial score (nSPS) is 30.4. The van der Waals surface area contributed by atoms with E-state index in [0.717, 1.165) is 0 Å². The molecule has 0 aromatic rings. The van der Waals surface area contributed by atoms with E-state index in [4.69, 9.17) is 5.73 Å². The Morgan fingerprint density at radius 3 is 2.27 bits per heavy atom. The molecular weight excluding hydrogens is 231 g/mol. The minimum atomic E-state index is 0. The minimum Gasteiger partial charge on any atom is -0.328 e. The number of likely N-dealkylation sites (tertiary alicyclic amines) is 1. The molecule has 2 aliphatic rings. The van der Waals surface area contributed by atoms with Crippen molar-refractivity contribution in [1.82, 2.24) is 4.90 Å². The quantitative estimate of drug-likeness (QED) is 0.720. The highest BCUT2D eigenvalue weighted by Crippen LogP contribution is 2.43. The van der Waals surface area contributed by atoms with Gasteiger partial charge in [0.05, 0.1) is 0 Å². The molecule has 1 aliphatic carbocycles. The van der Waals surface area contributed by atoms with Gasteiger partial charge in [0.25, 0.3) is 0 Å². The fourth-order valence-corrected chi connectivity index (χ4v) is 3.05. The molecule has 0 aromatic carbocycles. The van der Waals surface area contributed by atoms with Crippen molar-refractivity contribution in [3.63, 3.8) is 0 Å². The molecule has 4 heteroatoms. The van der Waals surface area contributed by atoms with Crippen LogP contribution < -0.4 is 5.73 Å². The second-order valence-corrected chi connectivity index (χ2v) is 5.16. The summed E-state index contributed by atoms with van der Waals surface area (Å²) in [6, 6.07) is 0.497. The molecule has 0 bridgehead atoms. The van der Waals surface area contributed by atoms with E-state index in [1.807, 2.05) is 0 Å². The SMILES string of the molecule is CN1CCC2(CCCC(N)C2)CC1.Cl.Cl. The van der Waals surface area contributed by atoms with Crippen LogP contribution in [0.4, 0.5) is 0 Å². The van der Waals surface area contributed by atoms with E-state index >= 15 is 0 Å². The van der Waals surface area contributed by atoms with Crippen LogP contribution in [0.15, 0.2) is 0 Å². The molecule has 2 nitrogen and oxygen atoms in total. The molecular formula is C11H24Cl2N2. The predicted molar refractivity (Wildman–Crippen MR) is 70.1 cm³/mol. The lowest BCUT2D eigenvalue weighted by Gasteiger charge is -2.45. The monoisotopic (exact) mass is 254 g/mol. The largest absolute Gasteiger partial charge is 0.328 e. The third-order valence-corrected chi connectivity index (χ3v) is 4.02. The highest BCUT2D eigenvalue weighted by atomic mass is 35.5. The average Bonchev–Trinajstić information content (AvgIpc) is 2.11. The first kappa shape index (κ1) is 15.5. The summed E-state index contributed by atoms with van der Waals surface area (Å²) in [5.74, 6) is 0. The Morgan fingerprint density at radius 1 is 1.13 bits per heavy atom. The number of hydrogen-bond acceptors (Lipinski definition) is 2. The number of piperidine rings is 1. The summed E-state index contributed by atoms with van der Waals surface area (Å²) in [7, 11) is 2.23. The standard InChI is InChI=1S/C11H22N2.2ClH/c1-13-7-5-11(6-8-13)4-2-3-10(12)9-11;;/h10H,2-9,12H2,1H3;2*1H. The summed E-state index contributed by atoms with van der Waals surface area (Å²) in [6.07, 6.45) is 8.13. The van der Waals surface area contributed by atoms with E-state index in [0.29, 0.717) is 11.5 Å². The molecule has 0 aromatic heterocycles. The zero-order valence-corrected chi connectivity index (χ0v) is 11.2. The molecule has 2 fully saturated rings. The molecule has 1 heterocycles. The van der Waals surface area contributed by atoms with Gasteiger partial charge in [-0.15, -0.1) is 24.8 Å². The van der Waals surface area contributed by atoms with Gasteiger partial charge in [-0.25, -0.2) is 0 Å². The van der Waals surface area contributed by atoms with Crippen LogP contribution in [0, 0.1) is 5.41 Å². The Kier molecular flexibility index (Phi) is 6.50. The summed E-state index contributed by atoms with van der Waals surface area (Å²) in [6.45, 7) is 2.57. The first-order chi connectivity index (χ1) is 6.20. The maximum atomic E-state index is 6.06. The van der Waals surface area contributed by atoms with Gasteiger partial charge in [-0.05, 0) is 57.7 Å². The third-order valence-electron chi connectivity index (χ3n) is 4.02. The summed E-state index contributed by atoms with van der Waals surface area (Å²) in [4.78, 5) is 2.45. The highest BCUT2D eigenvalue weighted by Gasteiger charge is 2.37. The van der Waals surface area contributed by atoms with E-state index in [1.165, 1.54) is 51.6 Å². The molecule has 0 radical (unpaired) electrons. The van der Waals surface area contributed by atoms with Crippen molar-refractivity contribution in [1.29, 1.82) is 0 Å². The number of rotatable bonds is 0. The first-order valence-electron chi connectivity index (χ1n) is 5.64. The number of hydrogen-bond donors (Lipinski definition) is 1. The Hall–Kier alpha value is 0.500. The zero-order valence-electron chi connectivity index (χ0n) is 9.58. The van der Waals surface area contributed by atoms with Crippen LogP contribution >= 0.6 is 24.8 Å². The van der Waals surface area contributed by atoms with Gasteiger partial charge in [-0.2, -0.15) is 0 Å². The molecule has 92 valence electrons. The predicted octanol–water partition coefficient (Wildman–Crippen LogP) is 2.44. The molecule has 1 spiro atoms. The van der Waals surface area contributed by atoms with Crippen LogP contribution in [0.3, 0.4) is 0 Å². The number of nitrogens with zero attached hydrogens (tertiary/aromatic N) is 1. The lowest BCUT2D eigenvalue weighted by molar-refractivity contribution is 0.0723. The van der Waals surface area contributed by atoms with Crippen molar-refractivity contribution in [2.24, 2.45) is 11.1 Å². The first-order valence-corrected chi connectivity index (χ1v) is 5.64. The van der Waals surface area contributed by atoms with Crippen LogP contribution in [0.1, 0.15) is 38.5 Å². The van der Waals surface area contributed by atoms with Crippen molar-refractivity contribution < 1.29 is 0 Å². The Labute approximate surface area is 106 Å². The van der Waals surface area contributed by atoms with Gasteiger partial charge in [-0.3, -0.25) is 0 Å². The van der Waals surface area contributed by atoms with E-state index < -0.39 is 0 Å². The highest BCUT2D eigenvalue weighted by molar-refractivity contribution is 5.85. The van der Waals surface area contributed by atoms with Crippen LogP contribution in [0.2, 0.25) is 0 Å². The molecule has 1 atom stereocenters. The van der Waals surface area contributed by atoms with Gasteiger partial charge in [0.15, 0.2) is 0 Å². The Bertz CT molecular complexity index is 179. The molecule has 2 rings (SSSR count). The molecule has 1 aliphatic heterocycles. The molecule has 15 heavy (non-hydrogen) atoms. The number of halogens is 2. The van der Waals surface area contributed by atoms with E-state index in [2.05, 4.69) is 11.9 Å². The smallest absolute Gasteiger partial charge is 0.00441 e. The van der Waals surface area contributed by atoms with Gasteiger partial charge in [0.1, 0.15) is 0 Å². The summed E-state index contributed by atoms with van der Waals surface area (Å²) in [5.41, 5.74) is 6.70. The van der Waals surface area contributed by atoms with Crippen molar-refractivity contribution >= 4 is 24.8 Å². The van der Waals surface area contributed by atoms with Gasteiger partial charge < -0.3 is 10.6 Å². The summed E-state index contributed by atoms with van der Waals surface area (Å²) in [5, 5.41) is 0. The van der Waals surface area contributed by atoms with Crippen LogP contribution in [0.5, 0.6) is 0 Å². The van der Waals surface area contributed by atoms with Gasteiger partial charge >= 0.3 is 0 Å². The van der Waals surface area contributed by atoms with E-state index in [9.17, 15) is 0 Å².